The van der Waals surface area contributed by atoms with Gasteiger partial charge < -0.3 is 25.0 Å². The molecule has 8 nitrogen and oxygen atoms in total. The Hall–Kier alpha value is -2.16. The molecule has 0 bridgehead atoms. The predicted molar refractivity (Wildman–Crippen MR) is 90.1 cm³/mol. The number of halogens is 1. The SMILES string of the molecule is COCCNC(=O)C(=O)NC[C@@H]1OCCN1C(=O)c1ccc(Cl)cc1. The van der Waals surface area contributed by atoms with Gasteiger partial charge in [-0.25, -0.2) is 0 Å². The zero-order valence-corrected chi connectivity index (χ0v) is 14.5. The molecule has 0 aliphatic carbocycles. The topological polar surface area (TPSA) is 97.0 Å². The lowest BCUT2D eigenvalue weighted by Gasteiger charge is -2.23. The smallest absolute Gasteiger partial charge is 0.309 e. The van der Waals surface area contributed by atoms with Crippen LogP contribution in [0.3, 0.4) is 0 Å². The third-order valence-corrected chi connectivity index (χ3v) is 3.83. The Bertz CT molecular complexity index is 623. The molecular weight excluding hydrogens is 350 g/mol. The van der Waals surface area contributed by atoms with Gasteiger partial charge in [0.2, 0.25) is 0 Å². The minimum atomic E-state index is -0.787. The van der Waals surface area contributed by atoms with Gasteiger partial charge in [-0.2, -0.15) is 0 Å². The van der Waals surface area contributed by atoms with Crippen LogP contribution in [0.4, 0.5) is 0 Å². The minimum Gasteiger partial charge on any atom is -0.383 e. The lowest BCUT2D eigenvalue weighted by molar-refractivity contribution is -0.139. The van der Waals surface area contributed by atoms with Gasteiger partial charge in [0, 0.05) is 30.8 Å². The highest BCUT2D eigenvalue weighted by Crippen LogP contribution is 2.16. The summed E-state index contributed by atoms with van der Waals surface area (Å²) in [5.74, 6) is -1.77. The van der Waals surface area contributed by atoms with E-state index in [4.69, 9.17) is 21.1 Å². The second-order valence-electron chi connectivity index (χ2n) is 5.29. The van der Waals surface area contributed by atoms with Gasteiger partial charge in [0.1, 0.15) is 6.23 Å². The van der Waals surface area contributed by atoms with E-state index in [0.717, 1.165) is 0 Å². The van der Waals surface area contributed by atoms with Gasteiger partial charge in [0.25, 0.3) is 5.91 Å². The van der Waals surface area contributed by atoms with Crippen molar-refractivity contribution in [2.45, 2.75) is 6.23 Å². The van der Waals surface area contributed by atoms with Crippen molar-refractivity contribution in [1.82, 2.24) is 15.5 Å². The third kappa shape index (κ3) is 5.42. The number of carbonyl (C=O) groups excluding carboxylic acids is 3. The molecule has 136 valence electrons. The summed E-state index contributed by atoms with van der Waals surface area (Å²) >= 11 is 5.82. The Labute approximate surface area is 150 Å². The first kappa shape index (κ1) is 19.2. The summed E-state index contributed by atoms with van der Waals surface area (Å²) in [6, 6.07) is 6.52. The second kappa shape index (κ2) is 9.36. The molecule has 0 saturated carbocycles. The van der Waals surface area contributed by atoms with Crippen molar-refractivity contribution in [3.8, 4) is 0 Å². The first-order valence-corrected chi connectivity index (χ1v) is 8.14. The van der Waals surface area contributed by atoms with Crippen molar-refractivity contribution >= 4 is 29.3 Å². The first-order chi connectivity index (χ1) is 12.0. The number of nitrogens with zero attached hydrogens (tertiary/aromatic N) is 1. The second-order valence-corrected chi connectivity index (χ2v) is 5.73. The van der Waals surface area contributed by atoms with Gasteiger partial charge in [-0.15, -0.1) is 0 Å². The minimum absolute atomic E-state index is 0.0237. The van der Waals surface area contributed by atoms with Gasteiger partial charge in [-0.05, 0) is 24.3 Å². The zero-order chi connectivity index (χ0) is 18.2. The Morgan fingerprint density at radius 1 is 1.24 bits per heavy atom. The fourth-order valence-electron chi connectivity index (χ4n) is 2.29. The molecule has 1 saturated heterocycles. The monoisotopic (exact) mass is 369 g/mol. The largest absolute Gasteiger partial charge is 0.383 e. The van der Waals surface area contributed by atoms with Crippen LogP contribution in [-0.2, 0) is 19.1 Å². The third-order valence-electron chi connectivity index (χ3n) is 3.58. The number of hydrogen-bond acceptors (Lipinski definition) is 5. The molecule has 1 aliphatic rings. The molecule has 25 heavy (non-hydrogen) atoms. The summed E-state index contributed by atoms with van der Waals surface area (Å²) in [7, 11) is 1.50. The number of carbonyl (C=O) groups is 3. The Morgan fingerprint density at radius 3 is 2.60 bits per heavy atom. The number of ether oxygens (including phenoxy) is 2. The standard InChI is InChI=1S/C16H20ClN3O5/c1-24-8-6-18-14(21)15(22)19-10-13-20(7-9-25-13)16(23)11-2-4-12(17)5-3-11/h2-5,13H,6-10H2,1H3,(H,18,21)(H,19,22)/t13-/m0/s1. The van der Waals surface area contributed by atoms with E-state index in [1.54, 1.807) is 24.3 Å². The maximum Gasteiger partial charge on any atom is 0.309 e. The highest BCUT2D eigenvalue weighted by atomic mass is 35.5. The molecule has 0 aromatic heterocycles. The molecule has 1 atom stereocenters. The molecule has 9 heteroatoms. The van der Waals surface area contributed by atoms with Crippen molar-refractivity contribution in [2.24, 2.45) is 0 Å². The Balaban J connectivity index is 1.86. The highest BCUT2D eigenvalue weighted by Gasteiger charge is 2.31. The van der Waals surface area contributed by atoms with Crippen molar-refractivity contribution in [2.75, 3.05) is 40.0 Å². The van der Waals surface area contributed by atoms with Crippen LogP contribution in [0.25, 0.3) is 0 Å². The summed E-state index contributed by atoms with van der Waals surface area (Å²) in [6.07, 6.45) is -0.626. The summed E-state index contributed by atoms with van der Waals surface area (Å²) in [5, 5.41) is 5.42. The van der Waals surface area contributed by atoms with Crippen LogP contribution in [0.15, 0.2) is 24.3 Å². The molecule has 1 aromatic carbocycles. The van der Waals surface area contributed by atoms with Gasteiger partial charge in [0.05, 0.1) is 19.8 Å². The molecule has 1 aromatic rings. The number of benzene rings is 1. The molecule has 0 radical (unpaired) electrons. The van der Waals surface area contributed by atoms with E-state index in [2.05, 4.69) is 10.6 Å². The molecule has 2 N–H and O–H groups in total. The molecule has 0 unspecified atom stereocenters. The number of methoxy groups -OCH3 is 1. The maximum absolute atomic E-state index is 12.5. The molecular formula is C16H20ClN3O5. The van der Waals surface area contributed by atoms with Crippen LogP contribution in [0.5, 0.6) is 0 Å². The van der Waals surface area contributed by atoms with Crippen molar-refractivity contribution < 1.29 is 23.9 Å². The normalized spacial score (nSPS) is 16.6. The fraction of sp³-hybridized carbons (Fsp3) is 0.438. The van der Waals surface area contributed by atoms with Crippen LogP contribution < -0.4 is 10.6 Å². The van der Waals surface area contributed by atoms with Crippen molar-refractivity contribution in [3.05, 3.63) is 34.9 Å². The molecule has 1 fully saturated rings. The van der Waals surface area contributed by atoms with Crippen LogP contribution >= 0.6 is 11.6 Å². The molecule has 0 spiro atoms. The predicted octanol–water partition coefficient (Wildman–Crippen LogP) is 0.0173. The van der Waals surface area contributed by atoms with Crippen LogP contribution in [0.2, 0.25) is 5.02 Å². The van der Waals surface area contributed by atoms with Crippen LogP contribution in [0.1, 0.15) is 10.4 Å². The Kier molecular flexibility index (Phi) is 7.17. The first-order valence-electron chi connectivity index (χ1n) is 7.76. The molecule has 3 amide bonds. The number of hydrogen-bond donors (Lipinski definition) is 2. The fourth-order valence-corrected chi connectivity index (χ4v) is 2.41. The van der Waals surface area contributed by atoms with E-state index in [1.165, 1.54) is 12.0 Å². The van der Waals surface area contributed by atoms with Crippen molar-refractivity contribution in [3.63, 3.8) is 0 Å². The van der Waals surface area contributed by atoms with Crippen LogP contribution in [-0.4, -0.2) is 68.8 Å². The lowest BCUT2D eigenvalue weighted by atomic mass is 10.2. The van der Waals surface area contributed by atoms with Crippen LogP contribution in [0, 0.1) is 0 Å². The Morgan fingerprint density at radius 2 is 1.92 bits per heavy atom. The van der Waals surface area contributed by atoms with E-state index in [-0.39, 0.29) is 19.0 Å². The van der Waals surface area contributed by atoms with Gasteiger partial charge in [-0.1, -0.05) is 11.6 Å². The average Bonchev–Trinajstić information content (AvgIpc) is 3.08. The van der Waals surface area contributed by atoms with Crippen molar-refractivity contribution in [1.29, 1.82) is 0 Å². The van der Waals surface area contributed by atoms with E-state index < -0.39 is 18.0 Å². The number of amides is 3. The molecule has 1 heterocycles. The van der Waals surface area contributed by atoms with E-state index in [1.807, 2.05) is 0 Å². The number of nitrogens with one attached hydrogen (secondary N) is 2. The average molecular weight is 370 g/mol. The quantitative estimate of drug-likeness (QED) is 0.544. The zero-order valence-electron chi connectivity index (χ0n) is 13.8. The summed E-state index contributed by atoms with van der Waals surface area (Å²) in [6.45, 7) is 1.34. The summed E-state index contributed by atoms with van der Waals surface area (Å²) in [4.78, 5) is 37.3. The van der Waals surface area contributed by atoms with Gasteiger partial charge >= 0.3 is 11.8 Å². The number of rotatable bonds is 6. The summed E-state index contributed by atoms with van der Waals surface area (Å²) in [5.41, 5.74) is 0.475. The highest BCUT2D eigenvalue weighted by molar-refractivity contribution is 6.35. The van der Waals surface area contributed by atoms with Gasteiger partial charge in [0.15, 0.2) is 0 Å². The van der Waals surface area contributed by atoms with E-state index in [0.29, 0.717) is 30.3 Å². The molecule has 1 aliphatic heterocycles. The lowest BCUT2D eigenvalue weighted by Crippen LogP contribution is -2.47. The maximum atomic E-state index is 12.5. The van der Waals surface area contributed by atoms with E-state index >= 15 is 0 Å². The van der Waals surface area contributed by atoms with Gasteiger partial charge in [-0.3, -0.25) is 14.4 Å². The van der Waals surface area contributed by atoms with E-state index in [9.17, 15) is 14.4 Å². The summed E-state index contributed by atoms with van der Waals surface area (Å²) < 4.78 is 10.3. The molecule has 2 rings (SSSR count).